The second-order valence-corrected chi connectivity index (χ2v) is 9.02. The van der Waals surface area contributed by atoms with Crippen LogP contribution in [0.25, 0.3) is 10.9 Å². The molecule has 0 aliphatic carbocycles. The van der Waals surface area contributed by atoms with E-state index in [1.165, 1.54) is 0 Å². The third kappa shape index (κ3) is 4.07. The van der Waals surface area contributed by atoms with E-state index in [9.17, 15) is 0 Å². The van der Waals surface area contributed by atoms with Crippen LogP contribution in [0.1, 0.15) is 18.7 Å². The van der Waals surface area contributed by atoms with Gasteiger partial charge in [-0.1, -0.05) is 19.1 Å². The highest BCUT2D eigenvalue weighted by Crippen LogP contribution is 2.38. The molecule has 1 aromatic heterocycles. The van der Waals surface area contributed by atoms with Gasteiger partial charge in [0.15, 0.2) is 11.5 Å². The van der Waals surface area contributed by atoms with Gasteiger partial charge in [0.25, 0.3) is 0 Å². The van der Waals surface area contributed by atoms with Gasteiger partial charge in [-0.15, -0.1) is 0 Å². The number of nitrogens with one attached hydrogen (secondary N) is 1. The van der Waals surface area contributed by atoms with Gasteiger partial charge in [0, 0.05) is 50.1 Å². The Morgan fingerprint density at radius 2 is 1.50 bits per heavy atom. The minimum atomic E-state index is 0.297. The van der Waals surface area contributed by atoms with Gasteiger partial charge in [-0.2, -0.15) is 0 Å². The van der Waals surface area contributed by atoms with E-state index in [1.54, 1.807) is 21.3 Å². The van der Waals surface area contributed by atoms with E-state index in [1.807, 2.05) is 24.3 Å². The van der Waals surface area contributed by atoms with E-state index in [0.717, 1.165) is 73.3 Å². The molecule has 2 aliphatic rings. The first-order chi connectivity index (χ1) is 16.6. The summed E-state index contributed by atoms with van der Waals surface area (Å²) >= 11 is 0. The third-order valence-corrected chi connectivity index (χ3v) is 7.05. The Kier molecular flexibility index (Phi) is 6.32. The summed E-state index contributed by atoms with van der Waals surface area (Å²) in [6.45, 7) is 7.64. The highest BCUT2D eigenvalue weighted by Gasteiger charge is 2.30. The average molecular weight is 464 g/mol. The van der Waals surface area contributed by atoms with Crippen molar-refractivity contribution in [2.75, 3.05) is 70.4 Å². The maximum atomic E-state index is 5.60. The SMILES string of the molecule is COc1cc2nc(C3CNCC3C)nc(N3CCN(c4ccccc4OC)CC3)c2cc1OC. The Bertz CT molecular complexity index is 1160. The lowest BCUT2D eigenvalue weighted by molar-refractivity contribution is 0.355. The smallest absolute Gasteiger partial charge is 0.162 e. The highest BCUT2D eigenvalue weighted by atomic mass is 16.5. The molecule has 0 spiro atoms. The second-order valence-electron chi connectivity index (χ2n) is 9.02. The van der Waals surface area contributed by atoms with Crippen molar-refractivity contribution >= 4 is 22.4 Å². The van der Waals surface area contributed by atoms with Crippen molar-refractivity contribution in [3.63, 3.8) is 0 Å². The summed E-state index contributed by atoms with van der Waals surface area (Å²) < 4.78 is 16.8. The minimum Gasteiger partial charge on any atom is -0.495 e. The summed E-state index contributed by atoms with van der Waals surface area (Å²) in [4.78, 5) is 14.9. The minimum absolute atomic E-state index is 0.297. The van der Waals surface area contributed by atoms with E-state index in [2.05, 4.69) is 34.2 Å². The van der Waals surface area contributed by atoms with Crippen molar-refractivity contribution in [2.24, 2.45) is 5.92 Å². The van der Waals surface area contributed by atoms with E-state index in [-0.39, 0.29) is 0 Å². The number of para-hydroxylation sites is 2. The van der Waals surface area contributed by atoms with E-state index in [4.69, 9.17) is 24.2 Å². The molecule has 3 aromatic rings. The average Bonchev–Trinajstić information content (AvgIpc) is 3.33. The van der Waals surface area contributed by atoms with Gasteiger partial charge < -0.3 is 29.3 Å². The Labute approximate surface area is 200 Å². The maximum absolute atomic E-state index is 5.60. The van der Waals surface area contributed by atoms with Crippen LogP contribution >= 0.6 is 0 Å². The van der Waals surface area contributed by atoms with Crippen LogP contribution in [0.5, 0.6) is 17.2 Å². The fraction of sp³-hybridized carbons (Fsp3) is 0.462. The monoisotopic (exact) mass is 463 g/mol. The van der Waals surface area contributed by atoms with Gasteiger partial charge in [-0.3, -0.25) is 0 Å². The summed E-state index contributed by atoms with van der Waals surface area (Å²) in [6, 6.07) is 12.2. The number of aromatic nitrogens is 2. The molecule has 2 aliphatic heterocycles. The molecule has 5 rings (SSSR count). The fourth-order valence-electron chi connectivity index (χ4n) is 5.07. The largest absolute Gasteiger partial charge is 0.495 e. The van der Waals surface area contributed by atoms with Gasteiger partial charge in [-0.25, -0.2) is 9.97 Å². The topological polar surface area (TPSA) is 72.0 Å². The Hall–Kier alpha value is -3.26. The van der Waals surface area contributed by atoms with Crippen LogP contribution in [0, 0.1) is 5.92 Å². The molecule has 0 amide bonds. The molecule has 2 fully saturated rings. The van der Waals surface area contributed by atoms with Crippen molar-refractivity contribution in [3.05, 3.63) is 42.2 Å². The molecule has 1 N–H and O–H groups in total. The first-order valence-electron chi connectivity index (χ1n) is 11.9. The molecule has 0 bridgehead atoms. The third-order valence-electron chi connectivity index (χ3n) is 7.05. The van der Waals surface area contributed by atoms with E-state index in [0.29, 0.717) is 23.3 Å². The first-order valence-corrected chi connectivity index (χ1v) is 11.9. The number of hydrogen-bond acceptors (Lipinski definition) is 8. The van der Waals surface area contributed by atoms with Gasteiger partial charge >= 0.3 is 0 Å². The molecule has 2 unspecified atom stereocenters. The Morgan fingerprint density at radius 1 is 0.824 bits per heavy atom. The lowest BCUT2D eigenvalue weighted by atomic mass is 9.97. The molecular weight excluding hydrogens is 430 g/mol. The predicted molar refractivity (Wildman–Crippen MR) is 135 cm³/mol. The van der Waals surface area contributed by atoms with Crippen molar-refractivity contribution in [1.29, 1.82) is 0 Å². The van der Waals surface area contributed by atoms with Gasteiger partial charge in [0.05, 0.1) is 32.5 Å². The number of ether oxygens (including phenoxy) is 3. The summed E-state index contributed by atoms with van der Waals surface area (Å²) in [5.74, 6) is 4.95. The first kappa shape index (κ1) is 22.5. The molecule has 2 atom stereocenters. The molecule has 8 heteroatoms. The number of fused-ring (bicyclic) bond motifs is 1. The number of piperazine rings is 1. The molecule has 2 saturated heterocycles. The lowest BCUT2D eigenvalue weighted by Crippen LogP contribution is -2.47. The van der Waals surface area contributed by atoms with Crippen molar-refractivity contribution in [2.45, 2.75) is 12.8 Å². The summed E-state index contributed by atoms with van der Waals surface area (Å²) in [5, 5.41) is 4.48. The van der Waals surface area contributed by atoms with Crippen molar-refractivity contribution in [3.8, 4) is 17.2 Å². The van der Waals surface area contributed by atoms with Crippen LogP contribution in [0.15, 0.2) is 36.4 Å². The summed E-state index contributed by atoms with van der Waals surface area (Å²) in [7, 11) is 5.05. The van der Waals surface area contributed by atoms with Crippen LogP contribution in [0.3, 0.4) is 0 Å². The van der Waals surface area contributed by atoms with Crippen molar-refractivity contribution in [1.82, 2.24) is 15.3 Å². The molecular formula is C26H33N5O3. The molecule has 180 valence electrons. The van der Waals surface area contributed by atoms with E-state index < -0.39 is 0 Å². The van der Waals surface area contributed by atoms with Crippen LogP contribution in [0.2, 0.25) is 0 Å². The summed E-state index contributed by atoms with van der Waals surface area (Å²) in [5.41, 5.74) is 2.03. The second kappa shape index (κ2) is 9.54. The molecule has 3 heterocycles. The molecule has 0 saturated carbocycles. The van der Waals surface area contributed by atoms with Crippen LogP contribution in [0.4, 0.5) is 11.5 Å². The number of benzene rings is 2. The number of methoxy groups -OCH3 is 3. The Morgan fingerprint density at radius 3 is 2.18 bits per heavy atom. The molecule has 8 nitrogen and oxygen atoms in total. The number of hydrogen-bond donors (Lipinski definition) is 1. The molecule has 0 radical (unpaired) electrons. The molecule has 2 aromatic carbocycles. The van der Waals surface area contributed by atoms with E-state index >= 15 is 0 Å². The van der Waals surface area contributed by atoms with Crippen LogP contribution in [-0.2, 0) is 0 Å². The normalized spacial score (nSPS) is 20.6. The van der Waals surface area contributed by atoms with Gasteiger partial charge in [0.1, 0.15) is 17.4 Å². The zero-order chi connectivity index (χ0) is 23.7. The highest BCUT2D eigenvalue weighted by molar-refractivity contribution is 5.92. The zero-order valence-electron chi connectivity index (χ0n) is 20.4. The zero-order valence-corrected chi connectivity index (χ0v) is 20.4. The fourth-order valence-corrected chi connectivity index (χ4v) is 5.07. The standard InChI is InChI=1S/C26H33N5O3/c1-17-15-27-16-19(17)25-28-20-14-24(34-4)23(33-3)13-18(20)26(29-25)31-11-9-30(10-12-31)21-7-5-6-8-22(21)32-2/h5-8,13-14,17,19,27H,9-12,15-16H2,1-4H3. The van der Waals surface area contributed by atoms with Gasteiger partial charge in [-0.05, 0) is 30.7 Å². The number of rotatable bonds is 6. The van der Waals surface area contributed by atoms with Crippen LogP contribution in [-0.4, -0.2) is 70.6 Å². The van der Waals surface area contributed by atoms with Gasteiger partial charge in [0.2, 0.25) is 0 Å². The molecule has 34 heavy (non-hydrogen) atoms. The van der Waals surface area contributed by atoms with Crippen LogP contribution < -0.4 is 29.3 Å². The predicted octanol–water partition coefficient (Wildman–Crippen LogP) is 3.31. The lowest BCUT2D eigenvalue weighted by Gasteiger charge is -2.37. The maximum Gasteiger partial charge on any atom is 0.162 e. The quantitative estimate of drug-likeness (QED) is 0.597. The number of anilines is 2. The van der Waals surface area contributed by atoms with Crippen molar-refractivity contribution < 1.29 is 14.2 Å². The summed E-state index contributed by atoms with van der Waals surface area (Å²) in [6.07, 6.45) is 0. The Balaban J connectivity index is 1.51. The number of nitrogens with zero attached hydrogens (tertiary/aromatic N) is 4.